The first-order valence-electron chi connectivity index (χ1n) is 11.9. The fraction of sp³-hybridized carbons (Fsp3) is 0.577. The van der Waals surface area contributed by atoms with Crippen LogP contribution in [-0.4, -0.2) is 43.6 Å². The van der Waals surface area contributed by atoms with Gasteiger partial charge in [0.2, 0.25) is 5.91 Å². The van der Waals surface area contributed by atoms with Crippen LogP contribution in [0, 0.1) is 5.92 Å². The van der Waals surface area contributed by atoms with Gasteiger partial charge in [-0.2, -0.15) is 0 Å². The van der Waals surface area contributed by atoms with Gasteiger partial charge in [-0.3, -0.25) is 4.79 Å². The summed E-state index contributed by atoms with van der Waals surface area (Å²) in [5, 5.41) is 5.58. The zero-order valence-corrected chi connectivity index (χ0v) is 19.5. The number of benzene rings is 1. The van der Waals surface area contributed by atoms with Gasteiger partial charge in [-0.15, -0.1) is 11.3 Å². The molecule has 1 saturated carbocycles. The van der Waals surface area contributed by atoms with E-state index in [4.69, 9.17) is 4.74 Å². The number of carbonyl (C=O) groups is 1. The third kappa shape index (κ3) is 6.11. The van der Waals surface area contributed by atoms with E-state index in [1.165, 1.54) is 29.7 Å². The Kier molecular flexibility index (Phi) is 8.03. The van der Waals surface area contributed by atoms with Gasteiger partial charge in [0.05, 0.1) is 7.11 Å². The monoisotopic (exact) mass is 440 g/mol. The molecule has 1 aliphatic heterocycles. The first-order valence-corrected chi connectivity index (χ1v) is 12.8. The number of hydrogen-bond donors (Lipinski definition) is 1. The Hall–Kier alpha value is -1.85. The minimum atomic E-state index is 0.171. The first-order chi connectivity index (χ1) is 15.2. The molecule has 0 spiro atoms. The molecule has 0 bridgehead atoms. The predicted molar refractivity (Wildman–Crippen MR) is 128 cm³/mol. The number of amides is 1. The molecule has 1 aromatic heterocycles. The summed E-state index contributed by atoms with van der Waals surface area (Å²) in [4.78, 5) is 16.9. The van der Waals surface area contributed by atoms with E-state index < -0.39 is 0 Å². The Morgan fingerprint density at radius 2 is 1.84 bits per heavy atom. The van der Waals surface area contributed by atoms with E-state index >= 15 is 0 Å². The smallest absolute Gasteiger partial charge is 0.223 e. The van der Waals surface area contributed by atoms with Crippen molar-refractivity contribution in [1.82, 2.24) is 10.2 Å². The summed E-state index contributed by atoms with van der Waals surface area (Å²) in [6.45, 7) is 3.09. The molecule has 2 aliphatic rings. The number of likely N-dealkylation sites (tertiary alicyclic amines) is 1. The summed E-state index contributed by atoms with van der Waals surface area (Å²) in [6, 6.07) is 12.9. The molecule has 0 radical (unpaired) electrons. The van der Waals surface area contributed by atoms with Gasteiger partial charge in [-0.25, -0.2) is 0 Å². The van der Waals surface area contributed by atoms with E-state index in [9.17, 15) is 4.79 Å². The van der Waals surface area contributed by atoms with Crippen molar-refractivity contribution in [2.75, 3.05) is 26.7 Å². The van der Waals surface area contributed by atoms with E-state index in [1.807, 2.05) is 11.3 Å². The standard InChI is InChI=1S/C26H36N2O2S/c1-30-24-14-17-31-25(24)21-12-15-28(16-13-21)19-23(18-20-8-4-2-5-9-20)27-26(29)22-10-6-3-7-11-22/h2,4-5,8-9,14,17,21-23H,3,6-7,10-13,15-16,18-19H2,1H3,(H,27,29)/t23-/m0/s1. The number of nitrogens with one attached hydrogen (secondary N) is 1. The normalized spacial score (nSPS) is 19.8. The van der Waals surface area contributed by atoms with E-state index in [1.54, 1.807) is 7.11 Å². The van der Waals surface area contributed by atoms with Crippen LogP contribution in [0.3, 0.4) is 0 Å². The molecule has 1 atom stereocenters. The van der Waals surface area contributed by atoms with Gasteiger partial charge in [-0.05, 0) is 68.1 Å². The second-order valence-electron chi connectivity index (χ2n) is 9.16. The molecule has 5 heteroatoms. The van der Waals surface area contributed by atoms with Crippen molar-refractivity contribution in [3.63, 3.8) is 0 Å². The van der Waals surface area contributed by atoms with Crippen molar-refractivity contribution in [2.45, 2.75) is 63.3 Å². The van der Waals surface area contributed by atoms with Gasteiger partial charge in [-0.1, -0.05) is 49.6 Å². The molecule has 1 aliphatic carbocycles. The molecular weight excluding hydrogens is 404 g/mol. The highest BCUT2D eigenvalue weighted by Crippen LogP contribution is 2.38. The third-order valence-electron chi connectivity index (χ3n) is 6.96. The minimum absolute atomic E-state index is 0.171. The van der Waals surface area contributed by atoms with Crippen LogP contribution in [0.2, 0.25) is 0 Å². The largest absolute Gasteiger partial charge is 0.496 e. The maximum atomic E-state index is 13.0. The van der Waals surface area contributed by atoms with Gasteiger partial charge >= 0.3 is 0 Å². The van der Waals surface area contributed by atoms with E-state index in [-0.39, 0.29) is 17.9 Å². The SMILES string of the molecule is COc1ccsc1C1CCN(C[C@H](Cc2ccccc2)NC(=O)C2CCCCC2)CC1. The molecular formula is C26H36N2O2S. The van der Waals surface area contributed by atoms with Gasteiger partial charge < -0.3 is 15.0 Å². The van der Waals surface area contributed by atoms with E-state index in [2.05, 4.69) is 52.0 Å². The lowest BCUT2D eigenvalue weighted by atomic mass is 9.88. The zero-order chi connectivity index (χ0) is 21.5. The molecule has 2 fully saturated rings. The topological polar surface area (TPSA) is 41.6 Å². The van der Waals surface area contributed by atoms with Crippen LogP contribution in [0.5, 0.6) is 5.75 Å². The number of hydrogen-bond acceptors (Lipinski definition) is 4. The molecule has 1 aromatic carbocycles. The number of nitrogens with zero attached hydrogens (tertiary/aromatic N) is 1. The summed E-state index contributed by atoms with van der Waals surface area (Å²) in [5.74, 6) is 2.13. The molecule has 31 heavy (non-hydrogen) atoms. The Labute approximate surface area is 191 Å². The summed E-state index contributed by atoms with van der Waals surface area (Å²) >= 11 is 1.82. The quantitative estimate of drug-likeness (QED) is 0.610. The lowest BCUT2D eigenvalue weighted by Crippen LogP contribution is -2.48. The molecule has 2 aromatic rings. The van der Waals surface area contributed by atoms with Crippen LogP contribution in [0.25, 0.3) is 0 Å². The average Bonchev–Trinajstić information content (AvgIpc) is 3.30. The Balaban J connectivity index is 1.35. The summed E-state index contributed by atoms with van der Waals surface area (Å²) in [5.41, 5.74) is 1.30. The highest BCUT2D eigenvalue weighted by molar-refractivity contribution is 7.10. The minimum Gasteiger partial charge on any atom is -0.496 e. The molecule has 4 rings (SSSR count). The second kappa shape index (κ2) is 11.1. The highest BCUT2D eigenvalue weighted by atomic mass is 32.1. The van der Waals surface area contributed by atoms with Crippen molar-refractivity contribution >= 4 is 17.2 Å². The number of ether oxygens (including phenoxy) is 1. The molecule has 168 valence electrons. The van der Waals surface area contributed by atoms with Crippen molar-refractivity contribution in [3.8, 4) is 5.75 Å². The molecule has 1 N–H and O–H groups in total. The fourth-order valence-electron chi connectivity index (χ4n) is 5.21. The zero-order valence-electron chi connectivity index (χ0n) is 18.7. The summed E-state index contributed by atoms with van der Waals surface area (Å²) < 4.78 is 5.55. The highest BCUT2D eigenvalue weighted by Gasteiger charge is 2.28. The third-order valence-corrected chi connectivity index (χ3v) is 8.02. The average molecular weight is 441 g/mol. The van der Waals surface area contributed by atoms with Crippen LogP contribution < -0.4 is 10.1 Å². The van der Waals surface area contributed by atoms with Crippen molar-refractivity contribution < 1.29 is 9.53 Å². The maximum Gasteiger partial charge on any atom is 0.223 e. The van der Waals surface area contributed by atoms with Crippen molar-refractivity contribution in [1.29, 1.82) is 0 Å². The molecule has 0 unspecified atom stereocenters. The molecule has 1 amide bonds. The number of rotatable bonds is 8. The lowest BCUT2D eigenvalue weighted by Gasteiger charge is -2.35. The molecule has 4 nitrogen and oxygen atoms in total. The number of carbonyl (C=O) groups excluding carboxylic acids is 1. The van der Waals surface area contributed by atoms with E-state index in [0.29, 0.717) is 5.92 Å². The summed E-state index contributed by atoms with van der Waals surface area (Å²) in [6.07, 6.45) is 8.99. The molecule has 1 saturated heterocycles. The predicted octanol–water partition coefficient (Wildman–Crippen LogP) is 5.24. The van der Waals surface area contributed by atoms with Gasteiger partial charge in [0.1, 0.15) is 5.75 Å². The molecule has 2 heterocycles. The summed E-state index contributed by atoms with van der Waals surface area (Å²) in [7, 11) is 1.77. The van der Waals surface area contributed by atoms with Crippen LogP contribution in [-0.2, 0) is 11.2 Å². The van der Waals surface area contributed by atoms with E-state index in [0.717, 1.165) is 57.5 Å². The first kappa shape index (κ1) is 22.3. The van der Waals surface area contributed by atoms with Gasteiger partial charge in [0.25, 0.3) is 0 Å². The second-order valence-corrected chi connectivity index (χ2v) is 10.1. The number of thiophene rings is 1. The fourth-order valence-corrected chi connectivity index (χ4v) is 6.24. The van der Waals surface area contributed by atoms with Crippen molar-refractivity contribution in [2.24, 2.45) is 5.92 Å². The van der Waals surface area contributed by atoms with Crippen LogP contribution in [0.15, 0.2) is 41.8 Å². The van der Waals surface area contributed by atoms with Crippen LogP contribution >= 0.6 is 11.3 Å². The maximum absolute atomic E-state index is 13.0. The number of piperidine rings is 1. The van der Waals surface area contributed by atoms with Gasteiger partial charge in [0, 0.05) is 23.4 Å². The Bertz CT molecular complexity index is 808. The Morgan fingerprint density at radius 3 is 2.55 bits per heavy atom. The lowest BCUT2D eigenvalue weighted by molar-refractivity contribution is -0.126. The number of methoxy groups -OCH3 is 1. The van der Waals surface area contributed by atoms with Crippen LogP contribution in [0.4, 0.5) is 0 Å². The Morgan fingerprint density at radius 1 is 1.10 bits per heavy atom. The van der Waals surface area contributed by atoms with Crippen molar-refractivity contribution in [3.05, 3.63) is 52.2 Å². The van der Waals surface area contributed by atoms with Crippen LogP contribution in [0.1, 0.15) is 61.3 Å². The van der Waals surface area contributed by atoms with Gasteiger partial charge in [0.15, 0.2) is 0 Å².